The number of ether oxygens (including phenoxy) is 2. The number of hydrogen-bond donors (Lipinski definition) is 0. The average molecular weight is 277 g/mol. The van der Waals surface area contributed by atoms with Gasteiger partial charge in [0, 0.05) is 13.6 Å². The van der Waals surface area contributed by atoms with Crippen LogP contribution in [0.1, 0.15) is 37.0 Å². The number of likely N-dealkylation sites (N-methyl/N-ethyl adjacent to an activating group) is 1. The largest absolute Gasteiger partial charge is 0.465 e. The summed E-state index contributed by atoms with van der Waals surface area (Å²) < 4.78 is 10.8. The fourth-order valence-corrected chi connectivity index (χ4v) is 2.70. The van der Waals surface area contributed by atoms with Gasteiger partial charge in [-0.05, 0) is 38.8 Å². The lowest BCUT2D eigenvalue weighted by atomic mass is 10.1. The minimum absolute atomic E-state index is 0.0344. The van der Waals surface area contributed by atoms with E-state index >= 15 is 0 Å². The van der Waals surface area contributed by atoms with Crippen molar-refractivity contribution in [1.29, 1.82) is 0 Å². The lowest BCUT2D eigenvalue weighted by Crippen LogP contribution is -2.32. The zero-order valence-corrected chi connectivity index (χ0v) is 12.7. The van der Waals surface area contributed by atoms with Crippen LogP contribution in [0.5, 0.6) is 0 Å². The quantitative estimate of drug-likeness (QED) is 0.793. The van der Waals surface area contributed by atoms with Gasteiger partial charge in [0.2, 0.25) is 0 Å². The molecule has 110 valence electrons. The Morgan fingerprint density at radius 1 is 1.45 bits per heavy atom. The summed E-state index contributed by atoms with van der Waals surface area (Å²) in [6, 6.07) is 7.50. The third-order valence-corrected chi connectivity index (χ3v) is 3.75. The highest BCUT2D eigenvalue weighted by atomic mass is 16.5. The Balaban J connectivity index is 2.10. The Bertz CT molecular complexity index is 484. The smallest absolute Gasteiger partial charge is 0.339 e. The summed E-state index contributed by atoms with van der Waals surface area (Å²) >= 11 is 0. The van der Waals surface area contributed by atoms with Gasteiger partial charge in [0.1, 0.15) is 0 Å². The second-order valence-electron chi connectivity index (χ2n) is 5.93. The van der Waals surface area contributed by atoms with Crippen LogP contribution in [0.3, 0.4) is 0 Å². The van der Waals surface area contributed by atoms with Crippen LogP contribution >= 0.6 is 0 Å². The van der Waals surface area contributed by atoms with Crippen molar-refractivity contribution in [2.75, 3.05) is 25.6 Å². The molecule has 1 aromatic carbocycles. The number of para-hydroxylation sites is 1. The van der Waals surface area contributed by atoms with Crippen molar-refractivity contribution in [3.05, 3.63) is 29.8 Å². The van der Waals surface area contributed by atoms with Crippen LogP contribution in [0, 0.1) is 0 Å². The molecule has 0 amide bonds. The van der Waals surface area contributed by atoms with E-state index in [0.717, 1.165) is 25.1 Å². The topological polar surface area (TPSA) is 38.8 Å². The van der Waals surface area contributed by atoms with Gasteiger partial charge in [-0.1, -0.05) is 12.1 Å². The molecule has 0 bridgehead atoms. The van der Waals surface area contributed by atoms with E-state index in [9.17, 15) is 4.79 Å². The SMILES string of the molecule is COC(=O)c1ccccc1N(C)CC1CCC(C)(C)O1. The molecule has 1 fully saturated rings. The molecular formula is C16H23NO3. The molecule has 4 nitrogen and oxygen atoms in total. The molecule has 0 saturated carbocycles. The van der Waals surface area contributed by atoms with Gasteiger partial charge in [0.15, 0.2) is 0 Å². The summed E-state index contributed by atoms with van der Waals surface area (Å²) in [5.74, 6) is -0.305. The van der Waals surface area contributed by atoms with Crippen molar-refractivity contribution < 1.29 is 14.3 Å². The zero-order chi connectivity index (χ0) is 14.8. The Hall–Kier alpha value is -1.55. The maximum absolute atomic E-state index is 11.8. The predicted molar refractivity (Wildman–Crippen MR) is 79.2 cm³/mol. The number of esters is 1. The molecule has 1 unspecified atom stereocenters. The van der Waals surface area contributed by atoms with Crippen LogP contribution in [0.4, 0.5) is 5.69 Å². The minimum Gasteiger partial charge on any atom is -0.465 e. The van der Waals surface area contributed by atoms with E-state index in [-0.39, 0.29) is 17.7 Å². The third-order valence-electron chi connectivity index (χ3n) is 3.75. The molecule has 0 aliphatic carbocycles. The highest BCUT2D eigenvalue weighted by molar-refractivity contribution is 5.95. The van der Waals surface area contributed by atoms with E-state index in [0.29, 0.717) is 5.56 Å². The van der Waals surface area contributed by atoms with Crippen LogP contribution in [-0.4, -0.2) is 38.4 Å². The van der Waals surface area contributed by atoms with Crippen LogP contribution in [0.25, 0.3) is 0 Å². The van der Waals surface area contributed by atoms with Crippen molar-refractivity contribution >= 4 is 11.7 Å². The molecule has 1 atom stereocenters. The van der Waals surface area contributed by atoms with Gasteiger partial charge in [-0.2, -0.15) is 0 Å². The van der Waals surface area contributed by atoms with Crippen molar-refractivity contribution in [2.24, 2.45) is 0 Å². The van der Waals surface area contributed by atoms with Gasteiger partial charge < -0.3 is 14.4 Å². The summed E-state index contributed by atoms with van der Waals surface area (Å²) in [7, 11) is 3.39. The van der Waals surface area contributed by atoms with Crippen LogP contribution < -0.4 is 4.90 Å². The van der Waals surface area contributed by atoms with E-state index in [1.165, 1.54) is 7.11 Å². The summed E-state index contributed by atoms with van der Waals surface area (Å²) in [6.07, 6.45) is 2.34. The third kappa shape index (κ3) is 3.31. The fraction of sp³-hybridized carbons (Fsp3) is 0.562. The molecule has 0 aromatic heterocycles. The van der Waals surface area contributed by atoms with Crippen molar-refractivity contribution in [3.63, 3.8) is 0 Å². The summed E-state index contributed by atoms with van der Waals surface area (Å²) in [4.78, 5) is 13.9. The van der Waals surface area contributed by atoms with Crippen LogP contribution in [0.15, 0.2) is 24.3 Å². The highest BCUT2D eigenvalue weighted by Crippen LogP contribution is 2.30. The first-order valence-corrected chi connectivity index (χ1v) is 6.99. The molecular weight excluding hydrogens is 254 g/mol. The molecule has 1 aliphatic rings. The standard InChI is InChI=1S/C16H23NO3/c1-16(2)10-9-12(20-16)11-17(3)14-8-6-5-7-13(14)15(18)19-4/h5-8,12H,9-11H2,1-4H3. The first kappa shape index (κ1) is 14.9. The van der Waals surface area contributed by atoms with Gasteiger partial charge >= 0.3 is 5.97 Å². The Kier molecular flexibility index (Phi) is 4.33. The van der Waals surface area contributed by atoms with Gasteiger partial charge in [-0.15, -0.1) is 0 Å². The van der Waals surface area contributed by atoms with E-state index in [4.69, 9.17) is 9.47 Å². The van der Waals surface area contributed by atoms with Gasteiger partial charge in [-0.25, -0.2) is 4.79 Å². The van der Waals surface area contributed by atoms with E-state index in [2.05, 4.69) is 18.7 Å². The van der Waals surface area contributed by atoms with Crippen molar-refractivity contribution in [3.8, 4) is 0 Å². The lowest BCUT2D eigenvalue weighted by Gasteiger charge is -2.26. The van der Waals surface area contributed by atoms with Crippen LogP contribution in [0.2, 0.25) is 0 Å². The maximum atomic E-state index is 11.8. The fourth-order valence-electron chi connectivity index (χ4n) is 2.70. The Morgan fingerprint density at radius 2 is 2.15 bits per heavy atom. The number of carbonyl (C=O) groups is 1. The average Bonchev–Trinajstić information content (AvgIpc) is 2.77. The molecule has 0 radical (unpaired) electrons. The Morgan fingerprint density at radius 3 is 2.75 bits per heavy atom. The zero-order valence-electron chi connectivity index (χ0n) is 12.7. The van der Waals surface area contributed by atoms with E-state index in [1.807, 2.05) is 25.2 Å². The second-order valence-corrected chi connectivity index (χ2v) is 5.93. The van der Waals surface area contributed by atoms with E-state index < -0.39 is 0 Å². The number of hydrogen-bond acceptors (Lipinski definition) is 4. The number of benzene rings is 1. The molecule has 1 aliphatic heterocycles. The van der Waals surface area contributed by atoms with Gasteiger partial charge in [0.05, 0.1) is 30.1 Å². The number of methoxy groups -OCH3 is 1. The number of anilines is 1. The van der Waals surface area contributed by atoms with Gasteiger partial charge in [-0.3, -0.25) is 0 Å². The molecule has 0 N–H and O–H groups in total. The number of carbonyl (C=O) groups excluding carboxylic acids is 1. The first-order valence-electron chi connectivity index (χ1n) is 6.99. The molecule has 20 heavy (non-hydrogen) atoms. The summed E-state index contributed by atoms with van der Waals surface area (Å²) in [6.45, 7) is 5.02. The minimum atomic E-state index is -0.305. The summed E-state index contributed by atoms with van der Waals surface area (Å²) in [5.41, 5.74) is 1.44. The van der Waals surface area contributed by atoms with Crippen LogP contribution in [-0.2, 0) is 9.47 Å². The second kappa shape index (κ2) is 5.83. The number of rotatable bonds is 4. The maximum Gasteiger partial charge on any atom is 0.339 e. The van der Waals surface area contributed by atoms with Gasteiger partial charge in [0.25, 0.3) is 0 Å². The monoisotopic (exact) mass is 277 g/mol. The molecule has 1 heterocycles. The molecule has 1 saturated heterocycles. The molecule has 4 heteroatoms. The first-order chi connectivity index (χ1) is 9.43. The van der Waals surface area contributed by atoms with E-state index in [1.54, 1.807) is 6.07 Å². The number of nitrogens with zero attached hydrogens (tertiary/aromatic N) is 1. The normalized spacial score (nSPS) is 20.7. The van der Waals surface area contributed by atoms with Crippen molar-refractivity contribution in [2.45, 2.75) is 38.4 Å². The highest BCUT2D eigenvalue weighted by Gasteiger charge is 2.32. The predicted octanol–water partition coefficient (Wildman–Crippen LogP) is 2.87. The van der Waals surface area contributed by atoms with Crippen molar-refractivity contribution in [1.82, 2.24) is 0 Å². The molecule has 2 rings (SSSR count). The summed E-state index contributed by atoms with van der Waals surface area (Å²) in [5, 5.41) is 0. The molecule has 0 spiro atoms. The lowest BCUT2D eigenvalue weighted by molar-refractivity contribution is -0.0112. The Labute approximate surface area is 120 Å². The molecule has 1 aromatic rings.